The van der Waals surface area contributed by atoms with Crippen LogP contribution >= 0.6 is 0 Å². The lowest BCUT2D eigenvalue weighted by molar-refractivity contribution is 0.282. The molecule has 164 valence electrons. The van der Waals surface area contributed by atoms with Gasteiger partial charge in [-0.1, -0.05) is 12.8 Å². The Kier molecular flexibility index (Phi) is 8.96. The SMILES string of the molecule is CCNC(=NCc1nc(-c2ccc(OC)cc2)n[nH]1)NCCCN1CCCCCC1. The monoisotopic (exact) mass is 413 g/mol. The van der Waals surface area contributed by atoms with Crippen LogP contribution in [0.2, 0.25) is 0 Å². The molecule has 8 heteroatoms. The van der Waals surface area contributed by atoms with E-state index >= 15 is 0 Å². The molecule has 2 aromatic rings. The second-order valence-electron chi connectivity index (χ2n) is 7.57. The Labute approximate surface area is 179 Å². The zero-order chi connectivity index (χ0) is 21.0. The second-order valence-corrected chi connectivity index (χ2v) is 7.57. The fraction of sp³-hybridized carbons (Fsp3) is 0.591. The van der Waals surface area contributed by atoms with Crippen LogP contribution in [0.1, 0.15) is 44.9 Å². The Bertz CT molecular complexity index is 764. The molecule has 0 aliphatic carbocycles. The van der Waals surface area contributed by atoms with Crippen molar-refractivity contribution >= 4 is 5.96 Å². The van der Waals surface area contributed by atoms with Gasteiger partial charge in [0, 0.05) is 18.7 Å². The quantitative estimate of drug-likeness (QED) is 0.333. The molecule has 1 aromatic carbocycles. The fourth-order valence-corrected chi connectivity index (χ4v) is 3.60. The molecule has 3 rings (SSSR count). The number of methoxy groups -OCH3 is 1. The number of nitrogens with one attached hydrogen (secondary N) is 3. The Morgan fingerprint density at radius 3 is 2.60 bits per heavy atom. The number of guanidine groups is 1. The number of rotatable bonds is 9. The summed E-state index contributed by atoms with van der Waals surface area (Å²) in [7, 11) is 1.66. The minimum Gasteiger partial charge on any atom is -0.497 e. The van der Waals surface area contributed by atoms with Crippen LogP contribution in [-0.4, -0.2) is 65.9 Å². The van der Waals surface area contributed by atoms with Crippen LogP contribution in [0.5, 0.6) is 5.75 Å². The number of benzene rings is 1. The molecule has 1 aliphatic heterocycles. The van der Waals surface area contributed by atoms with E-state index in [2.05, 4.69) is 42.6 Å². The van der Waals surface area contributed by atoms with Gasteiger partial charge in [0.15, 0.2) is 11.8 Å². The van der Waals surface area contributed by atoms with Crippen LogP contribution in [0.3, 0.4) is 0 Å². The van der Waals surface area contributed by atoms with Crippen molar-refractivity contribution in [3.63, 3.8) is 0 Å². The van der Waals surface area contributed by atoms with Gasteiger partial charge < -0.3 is 20.3 Å². The number of aliphatic imine (C=N–C) groups is 1. The Morgan fingerprint density at radius 2 is 1.90 bits per heavy atom. The van der Waals surface area contributed by atoms with Crippen LogP contribution in [0.25, 0.3) is 11.4 Å². The molecule has 1 saturated heterocycles. The lowest BCUT2D eigenvalue weighted by Gasteiger charge is -2.20. The summed E-state index contributed by atoms with van der Waals surface area (Å²) in [4.78, 5) is 11.8. The summed E-state index contributed by atoms with van der Waals surface area (Å²) < 4.78 is 5.20. The second kappa shape index (κ2) is 12.2. The maximum absolute atomic E-state index is 5.20. The van der Waals surface area contributed by atoms with Gasteiger partial charge in [0.1, 0.15) is 18.1 Å². The predicted octanol–water partition coefficient (Wildman–Crippen LogP) is 2.80. The number of nitrogens with zero attached hydrogens (tertiary/aromatic N) is 4. The van der Waals surface area contributed by atoms with Crippen molar-refractivity contribution in [2.75, 3.05) is 39.8 Å². The number of hydrogen-bond acceptors (Lipinski definition) is 5. The van der Waals surface area contributed by atoms with Gasteiger partial charge in [-0.05, 0) is 70.1 Å². The van der Waals surface area contributed by atoms with Crippen molar-refractivity contribution in [1.82, 2.24) is 30.7 Å². The summed E-state index contributed by atoms with van der Waals surface area (Å²) >= 11 is 0. The number of aromatic amines is 1. The molecular weight excluding hydrogens is 378 g/mol. The topological polar surface area (TPSA) is 90.5 Å². The average Bonchev–Trinajstić information content (AvgIpc) is 3.10. The van der Waals surface area contributed by atoms with Crippen LogP contribution in [0.15, 0.2) is 29.3 Å². The van der Waals surface area contributed by atoms with Crippen LogP contribution in [0, 0.1) is 0 Å². The molecular formula is C22H35N7O. The van der Waals surface area contributed by atoms with Crippen LogP contribution < -0.4 is 15.4 Å². The first kappa shape index (κ1) is 22.1. The van der Waals surface area contributed by atoms with E-state index in [-0.39, 0.29) is 0 Å². The van der Waals surface area contributed by atoms with Crippen molar-refractivity contribution in [2.45, 2.75) is 45.6 Å². The van der Waals surface area contributed by atoms with E-state index in [1.54, 1.807) is 7.11 Å². The summed E-state index contributed by atoms with van der Waals surface area (Å²) in [6, 6.07) is 7.71. The van der Waals surface area contributed by atoms with Gasteiger partial charge in [-0.3, -0.25) is 5.10 Å². The molecule has 1 aliphatic rings. The minimum atomic E-state index is 0.449. The summed E-state index contributed by atoms with van der Waals surface area (Å²) in [6.07, 6.45) is 6.57. The minimum absolute atomic E-state index is 0.449. The standard InChI is InChI=1S/C22H35N7O/c1-3-23-22(24-13-8-16-29-14-6-4-5-7-15-29)25-17-20-26-21(28-27-20)18-9-11-19(30-2)12-10-18/h9-12H,3-8,13-17H2,1-2H3,(H2,23,24,25)(H,26,27,28). The van der Waals surface area contributed by atoms with Crippen molar-refractivity contribution in [1.29, 1.82) is 0 Å². The highest BCUT2D eigenvalue weighted by atomic mass is 16.5. The van der Waals surface area contributed by atoms with Crippen molar-refractivity contribution in [2.24, 2.45) is 4.99 Å². The van der Waals surface area contributed by atoms with Crippen molar-refractivity contribution < 1.29 is 4.74 Å². The molecule has 2 heterocycles. The average molecular weight is 414 g/mol. The van der Waals surface area contributed by atoms with E-state index in [1.165, 1.54) is 38.8 Å². The lowest BCUT2D eigenvalue weighted by Crippen LogP contribution is -2.39. The van der Waals surface area contributed by atoms with Gasteiger partial charge in [-0.2, -0.15) is 5.10 Å². The number of likely N-dealkylation sites (tertiary alicyclic amines) is 1. The Hall–Kier alpha value is -2.61. The van der Waals surface area contributed by atoms with E-state index in [4.69, 9.17) is 4.74 Å². The number of aromatic nitrogens is 3. The maximum Gasteiger partial charge on any atom is 0.191 e. The van der Waals surface area contributed by atoms with Gasteiger partial charge in [0.2, 0.25) is 0 Å². The maximum atomic E-state index is 5.20. The van der Waals surface area contributed by atoms with E-state index in [0.717, 1.165) is 49.2 Å². The third kappa shape index (κ3) is 7.02. The third-order valence-corrected chi connectivity index (χ3v) is 5.25. The lowest BCUT2D eigenvalue weighted by atomic mass is 10.2. The van der Waals surface area contributed by atoms with E-state index in [0.29, 0.717) is 12.4 Å². The molecule has 3 N–H and O–H groups in total. The molecule has 0 atom stereocenters. The molecule has 1 fully saturated rings. The van der Waals surface area contributed by atoms with E-state index in [9.17, 15) is 0 Å². The highest BCUT2D eigenvalue weighted by Crippen LogP contribution is 2.19. The first-order valence-corrected chi connectivity index (χ1v) is 11.1. The highest BCUT2D eigenvalue weighted by Gasteiger charge is 2.09. The molecule has 0 amide bonds. The third-order valence-electron chi connectivity index (χ3n) is 5.25. The summed E-state index contributed by atoms with van der Waals surface area (Å²) in [5.74, 6) is 3.04. The van der Waals surface area contributed by atoms with E-state index < -0.39 is 0 Å². The zero-order valence-electron chi connectivity index (χ0n) is 18.3. The molecule has 8 nitrogen and oxygen atoms in total. The van der Waals surface area contributed by atoms with Crippen LogP contribution in [0.4, 0.5) is 0 Å². The molecule has 0 spiro atoms. The van der Waals surface area contributed by atoms with Gasteiger partial charge in [-0.15, -0.1) is 0 Å². The number of hydrogen-bond donors (Lipinski definition) is 3. The Morgan fingerprint density at radius 1 is 1.13 bits per heavy atom. The fourth-order valence-electron chi connectivity index (χ4n) is 3.60. The zero-order valence-corrected chi connectivity index (χ0v) is 18.3. The molecule has 0 radical (unpaired) electrons. The first-order chi connectivity index (χ1) is 14.8. The summed E-state index contributed by atoms with van der Waals surface area (Å²) in [5.41, 5.74) is 0.945. The normalized spacial score (nSPS) is 15.6. The van der Waals surface area contributed by atoms with Gasteiger partial charge in [-0.25, -0.2) is 9.98 Å². The van der Waals surface area contributed by atoms with Gasteiger partial charge in [0.25, 0.3) is 0 Å². The molecule has 0 saturated carbocycles. The Balaban J connectivity index is 1.47. The van der Waals surface area contributed by atoms with Gasteiger partial charge >= 0.3 is 0 Å². The van der Waals surface area contributed by atoms with Gasteiger partial charge in [0.05, 0.1) is 7.11 Å². The highest BCUT2D eigenvalue weighted by molar-refractivity contribution is 5.79. The van der Waals surface area contributed by atoms with Crippen molar-refractivity contribution in [3.8, 4) is 17.1 Å². The summed E-state index contributed by atoms with van der Waals surface area (Å²) in [6.45, 7) is 7.91. The molecule has 0 unspecified atom stereocenters. The van der Waals surface area contributed by atoms with Crippen LogP contribution in [-0.2, 0) is 6.54 Å². The predicted molar refractivity (Wildman–Crippen MR) is 121 cm³/mol. The molecule has 30 heavy (non-hydrogen) atoms. The number of ether oxygens (including phenoxy) is 1. The van der Waals surface area contributed by atoms with E-state index in [1.807, 2.05) is 24.3 Å². The largest absolute Gasteiger partial charge is 0.497 e. The first-order valence-electron chi connectivity index (χ1n) is 11.1. The molecule has 1 aromatic heterocycles. The smallest absolute Gasteiger partial charge is 0.191 e. The number of H-pyrrole nitrogens is 1. The summed E-state index contributed by atoms with van der Waals surface area (Å²) in [5, 5.41) is 14.0. The molecule has 0 bridgehead atoms. The van der Waals surface area contributed by atoms with Crippen molar-refractivity contribution in [3.05, 3.63) is 30.1 Å².